The van der Waals surface area contributed by atoms with Gasteiger partial charge >= 0.3 is 6.18 Å². The molecule has 1 aromatic carbocycles. The molecule has 0 saturated carbocycles. The Bertz CT molecular complexity index is 435. The first-order chi connectivity index (χ1) is 8.20. The van der Waals surface area contributed by atoms with Crippen molar-refractivity contribution >= 4 is 11.8 Å². The SMILES string of the molecule is CSc1ccc([C@](O)(C[N+](=O)[O-])C(F)(F)F)cc1. The minimum Gasteiger partial charge on any atom is -0.371 e. The summed E-state index contributed by atoms with van der Waals surface area (Å²) in [5.41, 5.74) is -4.00. The molecule has 4 nitrogen and oxygen atoms in total. The topological polar surface area (TPSA) is 63.4 Å². The summed E-state index contributed by atoms with van der Waals surface area (Å²) in [6.45, 7) is -1.62. The summed E-state index contributed by atoms with van der Waals surface area (Å²) in [7, 11) is 0. The molecule has 8 heteroatoms. The fraction of sp³-hybridized carbons (Fsp3) is 0.400. The maximum Gasteiger partial charge on any atom is 0.428 e. The summed E-state index contributed by atoms with van der Waals surface area (Å²) in [6, 6.07) is 4.83. The van der Waals surface area contributed by atoms with Gasteiger partial charge in [-0.2, -0.15) is 13.2 Å². The number of benzene rings is 1. The smallest absolute Gasteiger partial charge is 0.371 e. The highest BCUT2D eigenvalue weighted by molar-refractivity contribution is 7.98. The van der Waals surface area contributed by atoms with Crippen LogP contribution in [0, 0.1) is 10.1 Å². The number of hydrogen-bond acceptors (Lipinski definition) is 4. The molecule has 0 spiro atoms. The highest BCUT2D eigenvalue weighted by Crippen LogP contribution is 2.39. The number of halogens is 3. The fourth-order valence-corrected chi connectivity index (χ4v) is 1.81. The Morgan fingerprint density at radius 2 is 1.83 bits per heavy atom. The van der Waals surface area contributed by atoms with E-state index in [0.717, 1.165) is 12.1 Å². The summed E-state index contributed by atoms with van der Waals surface area (Å²) >= 11 is 1.31. The number of alkyl halides is 3. The molecule has 100 valence electrons. The Morgan fingerprint density at radius 3 is 2.17 bits per heavy atom. The van der Waals surface area contributed by atoms with Crippen LogP contribution < -0.4 is 0 Å². The van der Waals surface area contributed by atoms with Crippen LogP contribution in [0.2, 0.25) is 0 Å². The van der Waals surface area contributed by atoms with Gasteiger partial charge in [0.15, 0.2) is 0 Å². The van der Waals surface area contributed by atoms with E-state index in [2.05, 4.69) is 0 Å². The maximum absolute atomic E-state index is 12.8. The van der Waals surface area contributed by atoms with Crippen molar-refractivity contribution in [3.05, 3.63) is 39.9 Å². The molecule has 1 aromatic rings. The summed E-state index contributed by atoms with van der Waals surface area (Å²) in [4.78, 5) is 9.81. The van der Waals surface area contributed by atoms with Gasteiger partial charge in [-0.3, -0.25) is 10.1 Å². The van der Waals surface area contributed by atoms with Crippen molar-refractivity contribution in [1.29, 1.82) is 0 Å². The largest absolute Gasteiger partial charge is 0.428 e. The van der Waals surface area contributed by atoms with Gasteiger partial charge in [-0.15, -0.1) is 11.8 Å². The minimum absolute atomic E-state index is 0.537. The third kappa shape index (κ3) is 2.94. The molecule has 18 heavy (non-hydrogen) atoms. The van der Waals surface area contributed by atoms with Crippen LogP contribution in [0.4, 0.5) is 13.2 Å². The number of thioether (sulfide) groups is 1. The summed E-state index contributed by atoms with van der Waals surface area (Å²) < 4.78 is 38.3. The first-order valence-corrected chi connectivity index (χ1v) is 5.98. The van der Waals surface area contributed by atoms with E-state index in [1.54, 1.807) is 6.26 Å². The molecule has 0 fully saturated rings. The van der Waals surface area contributed by atoms with Crippen LogP contribution in [-0.4, -0.2) is 29.0 Å². The number of rotatable bonds is 4. The van der Waals surface area contributed by atoms with Crippen molar-refractivity contribution in [2.75, 3.05) is 12.8 Å². The number of hydrogen-bond donors (Lipinski definition) is 1. The molecule has 1 N–H and O–H groups in total. The molecule has 0 heterocycles. The van der Waals surface area contributed by atoms with Crippen LogP contribution >= 0.6 is 11.8 Å². The average molecular weight is 281 g/mol. The summed E-state index contributed by atoms with van der Waals surface area (Å²) in [6.07, 6.45) is -3.37. The van der Waals surface area contributed by atoms with Gasteiger partial charge in [-0.05, 0) is 24.0 Å². The monoisotopic (exact) mass is 281 g/mol. The van der Waals surface area contributed by atoms with E-state index in [1.165, 1.54) is 23.9 Å². The minimum atomic E-state index is -5.11. The van der Waals surface area contributed by atoms with Crippen molar-refractivity contribution in [1.82, 2.24) is 0 Å². The molecule has 0 aliphatic carbocycles. The highest BCUT2D eigenvalue weighted by Gasteiger charge is 2.58. The van der Waals surface area contributed by atoms with Gasteiger partial charge in [-0.1, -0.05) is 12.1 Å². The Kier molecular flexibility index (Phi) is 4.23. The first kappa shape index (κ1) is 14.8. The third-order valence-corrected chi connectivity index (χ3v) is 3.14. The van der Waals surface area contributed by atoms with Gasteiger partial charge in [-0.25, -0.2) is 0 Å². The van der Waals surface area contributed by atoms with Gasteiger partial charge in [0.25, 0.3) is 5.60 Å². The summed E-state index contributed by atoms with van der Waals surface area (Å²) in [5, 5.41) is 19.9. The molecule has 0 saturated heterocycles. The van der Waals surface area contributed by atoms with E-state index < -0.39 is 28.8 Å². The molecule has 0 aliphatic heterocycles. The zero-order chi connectivity index (χ0) is 14.0. The lowest BCUT2D eigenvalue weighted by molar-refractivity contribution is -0.519. The first-order valence-electron chi connectivity index (χ1n) is 4.76. The fourth-order valence-electron chi connectivity index (χ4n) is 1.40. The van der Waals surface area contributed by atoms with Gasteiger partial charge in [0, 0.05) is 9.82 Å². The number of nitrogens with zero attached hydrogens (tertiary/aromatic N) is 1. The van der Waals surface area contributed by atoms with Gasteiger partial charge in [0.1, 0.15) is 0 Å². The second kappa shape index (κ2) is 5.15. The highest BCUT2D eigenvalue weighted by atomic mass is 32.2. The van der Waals surface area contributed by atoms with E-state index in [0.29, 0.717) is 4.90 Å². The average Bonchev–Trinajstić information content (AvgIpc) is 2.26. The van der Waals surface area contributed by atoms with Crippen LogP contribution in [0.5, 0.6) is 0 Å². The van der Waals surface area contributed by atoms with E-state index in [1.807, 2.05) is 0 Å². The Morgan fingerprint density at radius 1 is 1.33 bits per heavy atom. The molecular formula is C10H10F3NO3S. The quantitative estimate of drug-likeness (QED) is 0.523. The van der Waals surface area contributed by atoms with E-state index in [-0.39, 0.29) is 0 Å². The van der Waals surface area contributed by atoms with E-state index in [9.17, 15) is 28.4 Å². The van der Waals surface area contributed by atoms with Crippen molar-refractivity contribution in [3.63, 3.8) is 0 Å². The zero-order valence-corrected chi connectivity index (χ0v) is 10.1. The third-order valence-electron chi connectivity index (χ3n) is 2.39. The Balaban J connectivity index is 3.21. The van der Waals surface area contributed by atoms with Crippen LogP contribution in [0.3, 0.4) is 0 Å². The van der Waals surface area contributed by atoms with Gasteiger partial charge in [0.05, 0.1) is 0 Å². The standard InChI is InChI=1S/C10H10F3NO3S/c1-18-8-4-2-7(3-5-8)9(15,6-14(16)17)10(11,12)13/h2-5,15H,6H2,1H3/t9-/m1/s1. The summed E-state index contributed by atoms with van der Waals surface area (Å²) in [5.74, 6) is 0. The second-order valence-electron chi connectivity index (χ2n) is 3.58. The van der Waals surface area contributed by atoms with Crippen LogP contribution in [0.1, 0.15) is 5.56 Å². The molecule has 0 aliphatic rings. The molecule has 1 atom stereocenters. The molecule has 0 radical (unpaired) electrons. The zero-order valence-electron chi connectivity index (χ0n) is 9.27. The molecule has 0 amide bonds. The lowest BCUT2D eigenvalue weighted by Crippen LogP contribution is -2.47. The van der Waals surface area contributed by atoms with Crippen molar-refractivity contribution in [2.45, 2.75) is 16.7 Å². The van der Waals surface area contributed by atoms with Crippen molar-refractivity contribution < 1.29 is 23.2 Å². The normalized spacial score (nSPS) is 15.2. The molecule has 0 aromatic heterocycles. The number of aliphatic hydroxyl groups is 1. The van der Waals surface area contributed by atoms with E-state index in [4.69, 9.17) is 0 Å². The lowest BCUT2D eigenvalue weighted by atomic mass is 9.93. The van der Waals surface area contributed by atoms with Crippen LogP contribution in [0.25, 0.3) is 0 Å². The maximum atomic E-state index is 12.8. The van der Waals surface area contributed by atoms with E-state index >= 15 is 0 Å². The molecule has 0 unspecified atom stereocenters. The predicted molar refractivity (Wildman–Crippen MR) is 60.0 cm³/mol. The lowest BCUT2D eigenvalue weighted by Gasteiger charge is -2.27. The van der Waals surface area contributed by atoms with Crippen LogP contribution in [-0.2, 0) is 5.60 Å². The predicted octanol–water partition coefficient (Wildman–Crippen LogP) is 2.44. The Hall–Kier alpha value is -1.28. The molecular weight excluding hydrogens is 271 g/mol. The second-order valence-corrected chi connectivity index (χ2v) is 4.46. The van der Waals surface area contributed by atoms with Crippen molar-refractivity contribution in [2.24, 2.45) is 0 Å². The van der Waals surface area contributed by atoms with Crippen LogP contribution in [0.15, 0.2) is 29.2 Å². The number of nitro groups is 1. The Labute approximate surface area is 105 Å². The van der Waals surface area contributed by atoms with Crippen molar-refractivity contribution in [3.8, 4) is 0 Å². The molecule has 1 rings (SSSR count). The molecule has 0 bridgehead atoms. The van der Waals surface area contributed by atoms with Gasteiger partial charge in [0.2, 0.25) is 6.54 Å². The van der Waals surface area contributed by atoms with Gasteiger partial charge < -0.3 is 5.11 Å².